The standard InChI is InChI=1S/C15H18O4/c1-17-13-9-15(19-3)14(18-2)8-11(13)6-7-12(16)10-4-5-10/h6-10H,4-5H2,1-3H3/b7-6+. The van der Waals surface area contributed by atoms with Crippen LogP contribution >= 0.6 is 0 Å². The van der Waals surface area contributed by atoms with Gasteiger partial charge in [0.2, 0.25) is 0 Å². The number of carbonyl (C=O) groups excluding carboxylic acids is 1. The molecule has 4 heteroatoms. The monoisotopic (exact) mass is 262 g/mol. The summed E-state index contributed by atoms with van der Waals surface area (Å²) in [4.78, 5) is 11.7. The second-order valence-electron chi connectivity index (χ2n) is 4.46. The minimum Gasteiger partial charge on any atom is -0.496 e. The minimum absolute atomic E-state index is 0.178. The van der Waals surface area contributed by atoms with Gasteiger partial charge in [0.15, 0.2) is 17.3 Å². The molecule has 0 atom stereocenters. The van der Waals surface area contributed by atoms with Crippen molar-refractivity contribution >= 4 is 11.9 Å². The summed E-state index contributed by atoms with van der Waals surface area (Å²) in [6.07, 6.45) is 5.39. The smallest absolute Gasteiger partial charge is 0.164 e. The summed E-state index contributed by atoms with van der Waals surface area (Å²) in [6.45, 7) is 0. The summed E-state index contributed by atoms with van der Waals surface area (Å²) in [5.41, 5.74) is 0.800. The summed E-state index contributed by atoms with van der Waals surface area (Å²) in [5, 5.41) is 0. The Kier molecular flexibility index (Phi) is 4.10. The van der Waals surface area contributed by atoms with E-state index in [1.807, 2.05) is 0 Å². The lowest BCUT2D eigenvalue weighted by atomic mass is 10.1. The van der Waals surface area contributed by atoms with E-state index in [-0.39, 0.29) is 11.7 Å². The van der Waals surface area contributed by atoms with Gasteiger partial charge >= 0.3 is 0 Å². The Hall–Kier alpha value is -1.97. The van der Waals surface area contributed by atoms with Gasteiger partial charge in [-0.25, -0.2) is 0 Å². The van der Waals surface area contributed by atoms with E-state index in [1.54, 1.807) is 45.6 Å². The number of allylic oxidation sites excluding steroid dienone is 1. The van der Waals surface area contributed by atoms with Crippen LogP contribution in [0.3, 0.4) is 0 Å². The first-order chi connectivity index (χ1) is 9.19. The number of hydrogen-bond acceptors (Lipinski definition) is 4. The fourth-order valence-electron chi connectivity index (χ4n) is 1.86. The van der Waals surface area contributed by atoms with Crippen molar-refractivity contribution in [2.45, 2.75) is 12.8 Å². The van der Waals surface area contributed by atoms with Crippen LogP contribution in [0.15, 0.2) is 18.2 Å². The Morgan fingerprint density at radius 1 is 1.05 bits per heavy atom. The first-order valence-electron chi connectivity index (χ1n) is 6.21. The van der Waals surface area contributed by atoms with Gasteiger partial charge in [0.1, 0.15) is 5.75 Å². The van der Waals surface area contributed by atoms with Crippen molar-refractivity contribution < 1.29 is 19.0 Å². The number of methoxy groups -OCH3 is 3. The Bertz CT molecular complexity index is 501. The van der Waals surface area contributed by atoms with Gasteiger partial charge in [-0.1, -0.05) is 0 Å². The average molecular weight is 262 g/mol. The highest BCUT2D eigenvalue weighted by atomic mass is 16.5. The lowest BCUT2D eigenvalue weighted by molar-refractivity contribution is -0.115. The molecule has 1 aliphatic rings. The molecule has 0 heterocycles. The number of ketones is 1. The van der Waals surface area contributed by atoms with Crippen molar-refractivity contribution in [1.29, 1.82) is 0 Å². The first-order valence-corrected chi connectivity index (χ1v) is 6.21. The van der Waals surface area contributed by atoms with E-state index >= 15 is 0 Å². The maximum Gasteiger partial charge on any atom is 0.164 e. The molecular formula is C15H18O4. The van der Waals surface area contributed by atoms with Crippen molar-refractivity contribution in [1.82, 2.24) is 0 Å². The van der Waals surface area contributed by atoms with Crippen LogP contribution in [0.25, 0.3) is 6.08 Å². The quantitative estimate of drug-likeness (QED) is 0.739. The van der Waals surface area contributed by atoms with Crippen LogP contribution in [-0.4, -0.2) is 27.1 Å². The van der Waals surface area contributed by atoms with Crippen molar-refractivity contribution in [3.8, 4) is 17.2 Å². The molecule has 19 heavy (non-hydrogen) atoms. The maximum atomic E-state index is 11.7. The number of rotatable bonds is 6. The molecule has 0 saturated heterocycles. The Morgan fingerprint density at radius 3 is 2.16 bits per heavy atom. The van der Waals surface area contributed by atoms with Crippen LogP contribution in [0.2, 0.25) is 0 Å². The summed E-state index contributed by atoms with van der Waals surface area (Å²) >= 11 is 0. The highest BCUT2D eigenvalue weighted by Crippen LogP contribution is 2.36. The van der Waals surface area contributed by atoms with E-state index in [2.05, 4.69) is 0 Å². The molecule has 0 aliphatic heterocycles. The summed E-state index contributed by atoms with van der Waals surface area (Å²) in [5.74, 6) is 2.27. The SMILES string of the molecule is COc1cc(OC)c(OC)cc1/C=C/C(=O)C1CC1. The lowest BCUT2D eigenvalue weighted by Crippen LogP contribution is -1.96. The third-order valence-electron chi connectivity index (χ3n) is 3.14. The van der Waals surface area contributed by atoms with Crippen LogP contribution in [0.4, 0.5) is 0 Å². The molecule has 0 radical (unpaired) electrons. The van der Waals surface area contributed by atoms with Gasteiger partial charge in [-0.05, 0) is 31.1 Å². The number of carbonyl (C=O) groups is 1. The van der Waals surface area contributed by atoms with Crippen molar-refractivity contribution in [3.05, 3.63) is 23.8 Å². The number of ether oxygens (including phenoxy) is 3. The van der Waals surface area contributed by atoms with Crippen LogP contribution in [-0.2, 0) is 4.79 Å². The van der Waals surface area contributed by atoms with E-state index in [4.69, 9.17) is 14.2 Å². The highest BCUT2D eigenvalue weighted by Gasteiger charge is 2.27. The normalized spacial score (nSPS) is 14.5. The molecule has 1 aromatic rings. The minimum atomic E-state index is 0.178. The van der Waals surface area contributed by atoms with Crippen molar-refractivity contribution in [2.24, 2.45) is 5.92 Å². The molecule has 1 fully saturated rings. The Balaban J connectivity index is 2.29. The average Bonchev–Trinajstić information content (AvgIpc) is 3.28. The zero-order valence-electron chi connectivity index (χ0n) is 11.4. The van der Waals surface area contributed by atoms with Crippen molar-refractivity contribution in [2.75, 3.05) is 21.3 Å². The predicted molar refractivity (Wildman–Crippen MR) is 72.9 cm³/mol. The van der Waals surface area contributed by atoms with Crippen LogP contribution in [0.5, 0.6) is 17.2 Å². The van der Waals surface area contributed by atoms with Gasteiger partial charge in [-0.2, -0.15) is 0 Å². The molecule has 0 N–H and O–H groups in total. The van der Waals surface area contributed by atoms with E-state index < -0.39 is 0 Å². The fourth-order valence-corrected chi connectivity index (χ4v) is 1.86. The summed E-state index contributed by atoms with van der Waals surface area (Å²) < 4.78 is 15.8. The molecule has 0 bridgehead atoms. The van der Waals surface area contributed by atoms with Crippen molar-refractivity contribution in [3.63, 3.8) is 0 Å². The summed E-state index contributed by atoms with van der Waals surface area (Å²) in [7, 11) is 4.73. The molecule has 1 saturated carbocycles. The van der Waals surface area contributed by atoms with Gasteiger partial charge in [-0.15, -0.1) is 0 Å². The van der Waals surface area contributed by atoms with E-state index in [0.29, 0.717) is 17.2 Å². The lowest BCUT2D eigenvalue weighted by Gasteiger charge is -2.12. The largest absolute Gasteiger partial charge is 0.496 e. The predicted octanol–water partition coefficient (Wildman–Crippen LogP) is 2.70. The second-order valence-corrected chi connectivity index (χ2v) is 4.46. The molecule has 0 spiro atoms. The fraction of sp³-hybridized carbons (Fsp3) is 0.400. The molecule has 4 nitrogen and oxygen atoms in total. The topological polar surface area (TPSA) is 44.8 Å². The zero-order chi connectivity index (χ0) is 13.8. The Morgan fingerprint density at radius 2 is 1.63 bits per heavy atom. The second kappa shape index (κ2) is 5.78. The van der Waals surface area contributed by atoms with Crippen LogP contribution < -0.4 is 14.2 Å². The molecule has 0 unspecified atom stereocenters. The van der Waals surface area contributed by atoms with E-state index in [0.717, 1.165) is 18.4 Å². The van der Waals surface area contributed by atoms with E-state index in [9.17, 15) is 4.79 Å². The molecule has 0 aromatic heterocycles. The summed E-state index contributed by atoms with van der Waals surface area (Å²) in [6, 6.07) is 3.55. The molecule has 1 aliphatic carbocycles. The van der Waals surface area contributed by atoms with Gasteiger partial charge in [0, 0.05) is 17.5 Å². The zero-order valence-corrected chi connectivity index (χ0v) is 11.4. The number of hydrogen-bond donors (Lipinski definition) is 0. The molecule has 0 amide bonds. The van der Waals surface area contributed by atoms with Crippen LogP contribution in [0.1, 0.15) is 18.4 Å². The molecule has 2 rings (SSSR count). The molecular weight excluding hydrogens is 244 g/mol. The maximum absolute atomic E-state index is 11.7. The van der Waals surface area contributed by atoms with Crippen LogP contribution in [0, 0.1) is 5.92 Å². The highest BCUT2D eigenvalue weighted by molar-refractivity contribution is 5.97. The molecule has 1 aromatic carbocycles. The number of benzene rings is 1. The van der Waals surface area contributed by atoms with Gasteiger partial charge < -0.3 is 14.2 Å². The third kappa shape index (κ3) is 3.08. The van der Waals surface area contributed by atoms with E-state index in [1.165, 1.54) is 0 Å². The van der Waals surface area contributed by atoms with Gasteiger partial charge in [-0.3, -0.25) is 4.79 Å². The first kappa shape index (κ1) is 13.5. The third-order valence-corrected chi connectivity index (χ3v) is 3.14. The van der Waals surface area contributed by atoms with Gasteiger partial charge in [0.05, 0.1) is 21.3 Å². The van der Waals surface area contributed by atoms with Gasteiger partial charge in [0.25, 0.3) is 0 Å². The Labute approximate surface area is 113 Å². The molecule has 102 valence electrons.